The Kier molecular flexibility index (Phi) is 7.35. The second kappa shape index (κ2) is 9.50. The highest BCUT2D eigenvalue weighted by Crippen LogP contribution is 2.29. The molecular formula is C19H24N2O5S. The normalized spacial score (nSPS) is 11.4. The van der Waals surface area contributed by atoms with E-state index in [0.717, 1.165) is 5.56 Å². The number of anilines is 1. The lowest BCUT2D eigenvalue weighted by atomic mass is 10.2. The second-order valence-electron chi connectivity index (χ2n) is 5.86. The van der Waals surface area contributed by atoms with Crippen LogP contribution in [-0.4, -0.2) is 46.0 Å². The van der Waals surface area contributed by atoms with Crippen LogP contribution in [0.1, 0.15) is 12.5 Å². The predicted molar refractivity (Wildman–Crippen MR) is 103 cm³/mol. The highest BCUT2D eigenvalue weighted by Gasteiger charge is 2.25. The van der Waals surface area contributed by atoms with Crippen molar-refractivity contribution in [2.45, 2.75) is 18.4 Å². The smallest absolute Gasteiger partial charge is 0.243 e. The minimum atomic E-state index is -3.79. The van der Waals surface area contributed by atoms with Crippen molar-refractivity contribution in [2.24, 2.45) is 0 Å². The Hall–Kier alpha value is -2.42. The fourth-order valence-electron chi connectivity index (χ4n) is 2.54. The average molecular weight is 392 g/mol. The third-order valence-electron chi connectivity index (χ3n) is 3.87. The van der Waals surface area contributed by atoms with Gasteiger partial charge in [0.25, 0.3) is 0 Å². The summed E-state index contributed by atoms with van der Waals surface area (Å²) in [5.41, 5.74) is 1.29. The van der Waals surface area contributed by atoms with E-state index in [4.69, 9.17) is 9.47 Å². The van der Waals surface area contributed by atoms with Crippen LogP contribution < -0.4 is 10.1 Å². The number of nitrogens with zero attached hydrogens (tertiary/aromatic N) is 1. The molecule has 2 aromatic rings. The van der Waals surface area contributed by atoms with Crippen molar-refractivity contribution in [3.05, 3.63) is 54.1 Å². The van der Waals surface area contributed by atoms with Crippen LogP contribution in [0.5, 0.6) is 5.75 Å². The van der Waals surface area contributed by atoms with Gasteiger partial charge in [-0.1, -0.05) is 30.3 Å². The van der Waals surface area contributed by atoms with Gasteiger partial charge in [-0.25, -0.2) is 8.42 Å². The van der Waals surface area contributed by atoms with E-state index in [0.29, 0.717) is 5.69 Å². The summed E-state index contributed by atoms with van der Waals surface area (Å²) < 4.78 is 38.0. The summed E-state index contributed by atoms with van der Waals surface area (Å²) in [5.74, 6) is 0.00684. The number of benzene rings is 2. The summed E-state index contributed by atoms with van der Waals surface area (Å²) in [6.45, 7) is 2.08. The summed E-state index contributed by atoms with van der Waals surface area (Å²) >= 11 is 0. The molecule has 0 bridgehead atoms. The van der Waals surface area contributed by atoms with Gasteiger partial charge in [-0.15, -0.1) is 0 Å². The lowest BCUT2D eigenvalue weighted by Gasteiger charge is -2.22. The van der Waals surface area contributed by atoms with Crippen molar-refractivity contribution < 1.29 is 22.7 Å². The van der Waals surface area contributed by atoms with Crippen molar-refractivity contribution in [1.82, 2.24) is 4.31 Å². The van der Waals surface area contributed by atoms with Gasteiger partial charge in [0.05, 0.1) is 24.3 Å². The van der Waals surface area contributed by atoms with Crippen LogP contribution in [0.2, 0.25) is 0 Å². The zero-order valence-corrected chi connectivity index (χ0v) is 16.5. The van der Waals surface area contributed by atoms with Crippen LogP contribution in [0.15, 0.2) is 53.4 Å². The van der Waals surface area contributed by atoms with Crippen molar-refractivity contribution in [2.75, 3.05) is 32.7 Å². The second-order valence-corrected chi connectivity index (χ2v) is 7.80. The first-order chi connectivity index (χ1) is 12.9. The molecule has 0 unspecified atom stereocenters. The number of methoxy groups -OCH3 is 2. The summed E-state index contributed by atoms with van der Waals surface area (Å²) in [6.07, 6.45) is 0. The topological polar surface area (TPSA) is 84.9 Å². The van der Waals surface area contributed by atoms with Gasteiger partial charge in [-0.05, 0) is 17.7 Å². The molecule has 2 rings (SSSR count). The molecule has 0 saturated carbocycles. The summed E-state index contributed by atoms with van der Waals surface area (Å²) in [4.78, 5) is 11.4. The summed E-state index contributed by atoms with van der Waals surface area (Å²) in [5, 5.41) is 2.61. The van der Waals surface area contributed by atoms with Gasteiger partial charge < -0.3 is 14.8 Å². The molecule has 0 aliphatic heterocycles. The Balaban J connectivity index is 2.37. The first-order valence-corrected chi connectivity index (χ1v) is 9.81. The largest absolute Gasteiger partial charge is 0.495 e. The SMILES string of the molecule is COCCN(Cc1ccccc1)S(=O)(=O)c1ccc(NC(C)=O)c(OC)c1. The molecule has 0 fully saturated rings. The van der Waals surface area contributed by atoms with E-state index in [-0.39, 0.29) is 36.2 Å². The van der Waals surface area contributed by atoms with Crippen molar-refractivity contribution in [1.29, 1.82) is 0 Å². The highest BCUT2D eigenvalue weighted by atomic mass is 32.2. The van der Waals surface area contributed by atoms with Crippen LogP contribution in [0.4, 0.5) is 5.69 Å². The molecule has 8 heteroatoms. The number of carbonyl (C=O) groups is 1. The maximum Gasteiger partial charge on any atom is 0.243 e. The van der Waals surface area contributed by atoms with Gasteiger partial charge >= 0.3 is 0 Å². The predicted octanol–water partition coefficient (Wildman–Crippen LogP) is 2.49. The van der Waals surface area contributed by atoms with Gasteiger partial charge in [0.2, 0.25) is 15.9 Å². The lowest BCUT2D eigenvalue weighted by molar-refractivity contribution is -0.114. The lowest BCUT2D eigenvalue weighted by Crippen LogP contribution is -2.33. The van der Waals surface area contributed by atoms with Crippen LogP contribution in [0.3, 0.4) is 0 Å². The van der Waals surface area contributed by atoms with E-state index in [1.807, 2.05) is 30.3 Å². The number of sulfonamides is 1. The summed E-state index contributed by atoms with van der Waals surface area (Å²) in [6, 6.07) is 13.7. The van der Waals surface area contributed by atoms with E-state index in [9.17, 15) is 13.2 Å². The fourth-order valence-corrected chi connectivity index (χ4v) is 3.97. The molecule has 0 aliphatic rings. The molecule has 1 amide bonds. The molecular weight excluding hydrogens is 368 g/mol. The van der Waals surface area contributed by atoms with E-state index in [1.165, 1.54) is 43.6 Å². The highest BCUT2D eigenvalue weighted by molar-refractivity contribution is 7.89. The Morgan fingerprint density at radius 2 is 1.81 bits per heavy atom. The third kappa shape index (κ3) is 5.53. The molecule has 0 aliphatic carbocycles. The first kappa shape index (κ1) is 20.9. The third-order valence-corrected chi connectivity index (χ3v) is 5.71. The monoisotopic (exact) mass is 392 g/mol. The number of hydrogen-bond donors (Lipinski definition) is 1. The molecule has 2 aromatic carbocycles. The zero-order chi connectivity index (χ0) is 19.9. The molecule has 0 aromatic heterocycles. The van der Waals surface area contributed by atoms with Gasteiger partial charge in [0.15, 0.2) is 0 Å². The Morgan fingerprint density at radius 1 is 1.11 bits per heavy atom. The summed E-state index contributed by atoms with van der Waals surface area (Å²) in [7, 11) is -0.842. The van der Waals surface area contributed by atoms with E-state index in [2.05, 4.69) is 5.32 Å². The van der Waals surface area contributed by atoms with Crippen molar-refractivity contribution in [3.63, 3.8) is 0 Å². The number of rotatable bonds is 9. The molecule has 0 saturated heterocycles. The van der Waals surface area contributed by atoms with Crippen LogP contribution >= 0.6 is 0 Å². The van der Waals surface area contributed by atoms with Crippen LogP contribution in [-0.2, 0) is 26.1 Å². The van der Waals surface area contributed by atoms with Gasteiger partial charge in [-0.2, -0.15) is 4.31 Å². The minimum absolute atomic E-state index is 0.0838. The van der Waals surface area contributed by atoms with Gasteiger partial charge in [0, 0.05) is 33.2 Å². The molecule has 146 valence electrons. The van der Waals surface area contributed by atoms with Gasteiger partial charge in [-0.3, -0.25) is 4.79 Å². The zero-order valence-electron chi connectivity index (χ0n) is 15.6. The Labute approximate surface area is 160 Å². The minimum Gasteiger partial charge on any atom is -0.495 e. The van der Waals surface area contributed by atoms with Crippen LogP contribution in [0.25, 0.3) is 0 Å². The number of ether oxygens (including phenoxy) is 2. The number of hydrogen-bond acceptors (Lipinski definition) is 5. The van der Waals surface area contributed by atoms with Crippen molar-refractivity contribution in [3.8, 4) is 5.75 Å². The number of amides is 1. The molecule has 7 nitrogen and oxygen atoms in total. The van der Waals surface area contributed by atoms with Crippen molar-refractivity contribution >= 4 is 21.6 Å². The molecule has 0 spiro atoms. The molecule has 1 N–H and O–H groups in total. The maximum atomic E-state index is 13.2. The molecule has 0 heterocycles. The number of carbonyl (C=O) groups excluding carboxylic acids is 1. The van der Waals surface area contributed by atoms with Gasteiger partial charge in [0.1, 0.15) is 5.75 Å². The fraction of sp³-hybridized carbons (Fsp3) is 0.316. The Bertz CT molecular complexity index is 869. The average Bonchev–Trinajstić information content (AvgIpc) is 2.65. The molecule has 0 radical (unpaired) electrons. The standard InChI is InChI=1S/C19H24N2O5S/c1-15(22)20-18-10-9-17(13-19(18)26-3)27(23,24)21(11-12-25-2)14-16-7-5-4-6-8-16/h4-10,13H,11-12,14H2,1-3H3,(H,20,22). The molecule has 27 heavy (non-hydrogen) atoms. The van der Waals surface area contributed by atoms with E-state index in [1.54, 1.807) is 0 Å². The van der Waals surface area contributed by atoms with E-state index < -0.39 is 10.0 Å². The van der Waals surface area contributed by atoms with Crippen LogP contribution in [0, 0.1) is 0 Å². The number of nitrogens with one attached hydrogen (secondary N) is 1. The first-order valence-electron chi connectivity index (χ1n) is 8.37. The quantitative estimate of drug-likeness (QED) is 0.709. The molecule has 0 atom stereocenters. The van der Waals surface area contributed by atoms with E-state index >= 15 is 0 Å². The Morgan fingerprint density at radius 3 is 2.41 bits per heavy atom. The maximum absolute atomic E-state index is 13.2.